The van der Waals surface area contributed by atoms with Crippen molar-refractivity contribution >= 4 is 28.3 Å². The van der Waals surface area contributed by atoms with Crippen LogP contribution in [0.1, 0.15) is 39.0 Å². The van der Waals surface area contributed by atoms with Crippen LogP contribution in [0.25, 0.3) is 0 Å². The lowest BCUT2D eigenvalue weighted by Crippen LogP contribution is -2.49. The van der Waals surface area contributed by atoms with Crippen LogP contribution in [0.3, 0.4) is 0 Å². The number of piperidine rings is 1. The number of sulfonamides is 1. The second kappa shape index (κ2) is 8.65. The smallest absolute Gasteiger partial charge is 0.226 e. The first-order chi connectivity index (χ1) is 10.4. The van der Waals surface area contributed by atoms with Crippen molar-refractivity contribution in [2.75, 3.05) is 32.4 Å². The Hall–Kier alpha value is -0.370. The van der Waals surface area contributed by atoms with Crippen LogP contribution in [0.5, 0.6) is 0 Å². The van der Waals surface area contributed by atoms with Gasteiger partial charge in [0.2, 0.25) is 15.9 Å². The van der Waals surface area contributed by atoms with E-state index in [-0.39, 0.29) is 36.0 Å². The lowest BCUT2D eigenvalue weighted by molar-refractivity contribution is -0.137. The summed E-state index contributed by atoms with van der Waals surface area (Å²) >= 11 is 0. The summed E-state index contributed by atoms with van der Waals surface area (Å²) in [7, 11) is -1.50. The minimum absolute atomic E-state index is 0. The van der Waals surface area contributed by atoms with Crippen molar-refractivity contribution in [3.8, 4) is 0 Å². The van der Waals surface area contributed by atoms with E-state index >= 15 is 0 Å². The Morgan fingerprint density at radius 1 is 1.22 bits per heavy atom. The molecule has 1 aliphatic carbocycles. The van der Waals surface area contributed by atoms with Crippen LogP contribution in [-0.2, 0) is 14.8 Å². The number of rotatable bonds is 5. The summed E-state index contributed by atoms with van der Waals surface area (Å²) in [6, 6.07) is 0.0166. The van der Waals surface area contributed by atoms with Crippen LogP contribution in [0.4, 0.5) is 0 Å². The highest BCUT2D eigenvalue weighted by atomic mass is 35.5. The Morgan fingerprint density at radius 2 is 1.83 bits per heavy atom. The fourth-order valence-electron chi connectivity index (χ4n) is 3.76. The molecule has 0 aromatic heterocycles. The van der Waals surface area contributed by atoms with E-state index in [0.717, 1.165) is 32.1 Å². The molecule has 0 radical (unpaired) electrons. The summed E-state index contributed by atoms with van der Waals surface area (Å²) in [4.78, 5) is 14.6. The number of amides is 1. The second-order valence-corrected chi connectivity index (χ2v) is 8.82. The van der Waals surface area contributed by atoms with Crippen LogP contribution in [0, 0.1) is 11.8 Å². The van der Waals surface area contributed by atoms with Crippen molar-refractivity contribution in [2.24, 2.45) is 17.6 Å². The van der Waals surface area contributed by atoms with E-state index < -0.39 is 10.0 Å². The number of hydrogen-bond donors (Lipinski definition) is 1. The Balaban J connectivity index is 0.00000264. The summed E-state index contributed by atoms with van der Waals surface area (Å²) in [5.41, 5.74) is 5.77. The lowest BCUT2D eigenvalue weighted by Gasteiger charge is -2.37. The van der Waals surface area contributed by atoms with Crippen molar-refractivity contribution in [3.05, 3.63) is 0 Å². The topological polar surface area (TPSA) is 83.7 Å². The quantitative estimate of drug-likeness (QED) is 0.787. The largest absolute Gasteiger partial charge is 0.342 e. The molecule has 6 nitrogen and oxygen atoms in total. The molecule has 2 fully saturated rings. The van der Waals surface area contributed by atoms with Crippen molar-refractivity contribution in [3.63, 3.8) is 0 Å². The molecule has 0 aromatic rings. The molecule has 2 atom stereocenters. The molecular weight excluding hydrogens is 338 g/mol. The monoisotopic (exact) mass is 367 g/mol. The first kappa shape index (κ1) is 20.7. The van der Waals surface area contributed by atoms with E-state index in [1.165, 1.54) is 4.31 Å². The highest BCUT2D eigenvalue weighted by Gasteiger charge is 2.37. The molecular formula is C15H30ClN3O3S. The third-order valence-corrected chi connectivity index (χ3v) is 7.28. The van der Waals surface area contributed by atoms with Crippen molar-refractivity contribution in [2.45, 2.75) is 45.1 Å². The highest BCUT2D eigenvalue weighted by molar-refractivity contribution is 7.89. The van der Waals surface area contributed by atoms with Gasteiger partial charge in [0, 0.05) is 32.1 Å². The maximum atomic E-state index is 12.6. The molecule has 0 unspecified atom stereocenters. The van der Waals surface area contributed by atoms with E-state index in [1.807, 2.05) is 4.90 Å². The van der Waals surface area contributed by atoms with Gasteiger partial charge in [-0.3, -0.25) is 4.79 Å². The number of hydrogen-bond acceptors (Lipinski definition) is 4. The summed E-state index contributed by atoms with van der Waals surface area (Å²) < 4.78 is 25.4. The van der Waals surface area contributed by atoms with Crippen LogP contribution >= 0.6 is 12.4 Å². The van der Waals surface area contributed by atoms with Gasteiger partial charge >= 0.3 is 0 Å². The molecule has 1 saturated heterocycles. The van der Waals surface area contributed by atoms with E-state index in [1.54, 1.807) is 14.0 Å². The average Bonchev–Trinajstić information content (AvgIpc) is 3.02. The van der Waals surface area contributed by atoms with Gasteiger partial charge in [0.1, 0.15) is 0 Å². The fraction of sp³-hybridized carbons (Fsp3) is 0.933. The molecule has 1 saturated carbocycles. The van der Waals surface area contributed by atoms with Gasteiger partial charge < -0.3 is 10.6 Å². The predicted molar refractivity (Wildman–Crippen MR) is 94.0 cm³/mol. The van der Waals surface area contributed by atoms with Crippen LogP contribution < -0.4 is 5.73 Å². The van der Waals surface area contributed by atoms with Crippen LogP contribution in [0.2, 0.25) is 0 Å². The average molecular weight is 368 g/mol. The second-order valence-electron chi connectivity index (χ2n) is 6.51. The summed E-state index contributed by atoms with van der Waals surface area (Å²) in [6.45, 7) is 3.56. The van der Waals surface area contributed by atoms with E-state index in [2.05, 4.69) is 0 Å². The zero-order valence-electron chi connectivity index (χ0n) is 14.1. The summed E-state index contributed by atoms with van der Waals surface area (Å²) in [5.74, 6) is 0.766. The Bertz CT molecular complexity index is 492. The first-order valence-electron chi connectivity index (χ1n) is 8.35. The van der Waals surface area contributed by atoms with Gasteiger partial charge in [0.25, 0.3) is 0 Å². The normalized spacial score (nSPS) is 26.3. The molecule has 1 aliphatic heterocycles. The molecule has 0 spiro atoms. The number of likely N-dealkylation sites (tertiary alicyclic amines) is 1. The molecule has 2 N–H and O–H groups in total. The fourth-order valence-corrected chi connectivity index (χ4v) is 4.83. The lowest BCUT2D eigenvalue weighted by atomic mass is 9.93. The number of carbonyl (C=O) groups is 1. The molecule has 23 heavy (non-hydrogen) atoms. The molecule has 136 valence electrons. The maximum Gasteiger partial charge on any atom is 0.226 e. The van der Waals surface area contributed by atoms with Gasteiger partial charge in [0.05, 0.1) is 5.75 Å². The number of carbonyl (C=O) groups excluding carboxylic acids is 1. The van der Waals surface area contributed by atoms with Gasteiger partial charge in [-0.2, -0.15) is 0 Å². The van der Waals surface area contributed by atoms with Gasteiger partial charge in [-0.15, -0.1) is 12.4 Å². The molecule has 1 amide bonds. The van der Waals surface area contributed by atoms with Gasteiger partial charge in [-0.25, -0.2) is 12.7 Å². The van der Waals surface area contributed by atoms with Crippen molar-refractivity contribution in [1.82, 2.24) is 9.21 Å². The minimum Gasteiger partial charge on any atom is -0.342 e. The minimum atomic E-state index is -3.15. The Labute approximate surface area is 146 Å². The maximum absolute atomic E-state index is 12.6. The molecule has 2 rings (SSSR count). The molecule has 0 aromatic carbocycles. The predicted octanol–water partition coefficient (Wildman–Crippen LogP) is 1.06. The zero-order chi connectivity index (χ0) is 16.3. The van der Waals surface area contributed by atoms with Crippen LogP contribution in [0.15, 0.2) is 0 Å². The molecule has 8 heteroatoms. The first-order valence-corrected chi connectivity index (χ1v) is 9.96. The highest BCUT2D eigenvalue weighted by Crippen LogP contribution is 2.33. The van der Waals surface area contributed by atoms with E-state index in [0.29, 0.717) is 25.6 Å². The van der Waals surface area contributed by atoms with Crippen molar-refractivity contribution in [1.29, 1.82) is 0 Å². The number of nitrogens with two attached hydrogens (primary N) is 1. The number of halogens is 1. The van der Waals surface area contributed by atoms with Gasteiger partial charge in [-0.1, -0.05) is 6.42 Å². The molecule has 0 bridgehead atoms. The van der Waals surface area contributed by atoms with E-state index in [4.69, 9.17) is 5.73 Å². The third-order valence-electron chi connectivity index (χ3n) is 5.37. The van der Waals surface area contributed by atoms with E-state index in [9.17, 15) is 13.2 Å². The Kier molecular flexibility index (Phi) is 7.77. The number of nitrogens with zero attached hydrogens (tertiary/aromatic N) is 2. The van der Waals surface area contributed by atoms with Crippen LogP contribution in [-0.4, -0.2) is 62.0 Å². The molecule has 1 heterocycles. The van der Waals surface area contributed by atoms with Crippen molar-refractivity contribution < 1.29 is 13.2 Å². The zero-order valence-corrected chi connectivity index (χ0v) is 15.7. The van der Waals surface area contributed by atoms with Gasteiger partial charge in [0.15, 0.2) is 0 Å². The summed E-state index contributed by atoms with van der Waals surface area (Å²) in [5, 5.41) is 0. The summed E-state index contributed by atoms with van der Waals surface area (Å²) in [6.07, 6.45) is 4.54. The standard InChI is InChI=1S/C15H29N3O3S.ClH/c1-3-22(20,21)17(2)13-7-9-18(10-8-13)15(19)14-6-4-5-12(14)11-16;/h12-14H,3-11,16H2,1-2H3;1H/t12-,14-;/m1./s1. The van der Waals surface area contributed by atoms with Gasteiger partial charge in [-0.05, 0) is 45.1 Å². The third kappa shape index (κ3) is 4.59. The Morgan fingerprint density at radius 3 is 2.35 bits per heavy atom. The molecule has 2 aliphatic rings. The SMILES string of the molecule is CCS(=O)(=O)N(C)C1CCN(C(=O)[C@@H]2CCC[C@@H]2CN)CC1.Cl.